The first-order valence-electron chi connectivity index (χ1n) is 8.45. The molecule has 2 N–H and O–H groups in total. The van der Waals surface area contributed by atoms with E-state index >= 15 is 0 Å². The summed E-state index contributed by atoms with van der Waals surface area (Å²) < 4.78 is 5.92. The van der Waals surface area contributed by atoms with Crippen molar-refractivity contribution in [3.05, 3.63) is 24.3 Å². The van der Waals surface area contributed by atoms with Crippen molar-refractivity contribution < 1.29 is 14.3 Å². The van der Waals surface area contributed by atoms with Crippen molar-refractivity contribution >= 4 is 45.6 Å². The number of rotatable bonds is 10. The van der Waals surface area contributed by atoms with Crippen LogP contribution in [-0.4, -0.2) is 40.3 Å². The molecule has 0 saturated carbocycles. The first-order chi connectivity index (χ1) is 12.8. The Kier molecular flexibility index (Phi) is 7.61. The van der Waals surface area contributed by atoms with E-state index in [4.69, 9.17) is 4.74 Å². The first kappa shape index (κ1) is 21.2. The molecular formula is C18H24N4O3S2. The quantitative estimate of drug-likeness (QED) is 0.580. The lowest BCUT2D eigenvalue weighted by molar-refractivity contribution is -0.123. The molecule has 9 heteroatoms. The highest BCUT2D eigenvalue weighted by Crippen LogP contribution is 2.28. The average Bonchev–Trinajstić information content (AvgIpc) is 3.01. The standard InChI is InChI=1S/C18H24N4O3S2/c1-12(23)11-18(2,3)20-15(24)9-10-26-17-22-21-16(27-17)19-13-5-7-14(25-4)8-6-13/h5-8H,9-11H2,1-4H3,(H,19,21)(H,20,24). The topological polar surface area (TPSA) is 93.2 Å². The van der Waals surface area contributed by atoms with Crippen molar-refractivity contribution in [2.24, 2.45) is 0 Å². The summed E-state index contributed by atoms with van der Waals surface area (Å²) in [4.78, 5) is 23.3. The van der Waals surface area contributed by atoms with Crippen molar-refractivity contribution in [3.63, 3.8) is 0 Å². The number of benzene rings is 1. The van der Waals surface area contributed by atoms with Gasteiger partial charge in [0.25, 0.3) is 0 Å². The number of nitrogens with one attached hydrogen (secondary N) is 2. The van der Waals surface area contributed by atoms with E-state index in [0.717, 1.165) is 15.8 Å². The molecule has 2 aromatic rings. The molecule has 0 aliphatic carbocycles. The summed E-state index contributed by atoms with van der Waals surface area (Å²) in [6, 6.07) is 7.54. The summed E-state index contributed by atoms with van der Waals surface area (Å²) in [5, 5.41) is 15.0. The summed E-state index contributed by atoms with van der Waals surface area (Å²) in [5.41, 5.74) is 0.377. The number of carbonyl (C=O) groups is 2. The van der Waals surface area contributed by atoms with Crippen molar-refractivity contribution in [1.82, 2.24) is 15.5 Å². The summed E-state index contributed by atoms with van der Waals surface area (Å²) in [6.07, 6.45) is 0.676. The second kappa shape index (κ2) is 9.70. The van der Waals surface area contributed by atoms with Crippen LogP contribution in [0.4, 0.5) is 10.8 Å². The number of anilines is 2. The SMILES string of the molecule is COc1ccc(Nc2nnc(SCCC(=O)NC(C)(C)CC(C)=O)s2)cc1. The normalized spacial score (nSPS) is 11.1. The fraction of sp³-hybridized carbons (Fsp3) is 0.444. The molecule has 1 aromatic heterocycles. The molecule has 0 bridgehead atoms. The van der Waals surface area contributed by atoms with E-state index in [2.05, 4.69) is 20.8 Å². The third-order valence-electron chi connectivity index (χ3n) is 3.47. The summed E-state index contributed by atoms with van der Waals surface area (Å²) in [7, 11) is 1.63. The van der Waals surface area contributed by atoms with Gasteiger partial charge in [0.1, 0.15) is 11.5 Å². The van der Waals surface area contributed by atoms with Crippen LogP contribution in [-0.2, 0) is 9.59 Å². The number of amides is 1. The number of thioether (sulfide) groups is 1. The van der Waals surface area contributed by atoms with Gasteiger partial charge in [0.15, 0.2) is 4.34 Å². The fourth-order valence-corrected chi connectivity index (χ4v) is 4.23. The smallest absolute Gasteiger partial charge is 0.221 e. The maximum atomic E-state index is 12.0. The number of methoxy groups -OCH3 is 1. The Morgan fingerprint density at radius 2 is 1.93 bits per heavy atom. The highest BCUT2D eigenvalue weighted by molar-refractivity contribution is 8.01. The van der Waals surface area contributed by atoms with Crippen LogP contribution in [0.15, 0.2) is 28.6 Å². The van der Waals surface area contributed by atoms with E-state index in [-0.39, 0.29) is 11.7 Å². The zero-order valence-electron chi connectivity index (χ0n) is 15.9. The number of aromatic nitrogens is 2. The molecule has 0 atom stereocenters. The molecular weight excluding hydrogens is 384 g/mol. The van der Waals surface area contributed by atoms with E-state index in [1.54, 1.807) is 7.11 Å². The van der Waals surface area contributed by atoms with Gasteiger partial charge in [0, 0.05) is 29.8 Å². The van der Waals surface area contributed by atoms with Crippen LogP contribution in [0, 0.1) is 0 Å². The molecule has 1 heterocycles. The third-order valence-corrected chi connectivity index (χ3v) is 5.44. The predicted molar refractivity (Wildman–Crippen MR) is 109 cm³/mol. The summed E-state index contributed by atoms with van der Waals surface area (Å²) in [6.45, 7) is 5.22. The van der Waals surface area contributed by atoms with E-state index in [1.165, 1.54) is 30.0 Å². The Morgan fingerprint density at radius 3 is 2.56 bits per heavy atom. The van der Waals surface area contributed by atoms with Gasteiger partial charge in [-0.3, -0.25) is 9.59 Å². The Morgan fingerprint density at radius 1 is 1.22 bits per heavy atom. The number of Topliss-reactive ketones (excluding diaryl/α,β-unsaturated/α-hetero) is 1. The fourth-order valence-electron chi connectivity index (χ4n) is 2.45. The number of ketones is 1. The van der Waals surface area contributed by atoms with E-state index in [1.807, 2.05) is 38.1 Å². The molecule has 0 radical (unpaired) electrons. The van der Waals surface area contributed by atoms with Gasteiger partial charge in [0.2, 0.25) is 11.0 Å². The van der Waals surface area contributed by atoms with E-state index in [9.17, 15) is 9.59 Å². The Bertz CT molecular complexity index is 775. The van der Waals surface area contributed by atoms with Crippen molar-refractivity contribution in [2.75, 3.05) is 18.2 Å². The van der Waals surface area contributed by atoms with Gasteiger partial charge >= 0.3 is 0 Å². The van der Waals surface area contributed by atoms with Gasteiger partial charge in [0.05, 0.1) is 7.11 Å². The predicted octanol–water partition coefficient (Wildman–Crippen LogP) is 3.65. The molecule has 0 aliphatic heterocycles. The molecule has 1 amide bonds. The zero-order chi connectivity index (χ0) is 19.9. The molecule has 1 aromatic carbocycles. The van der Waals surface area contributed by atoms with Crippen LogP contribution < -0.4 is 15.4 Å². The minimum Gasteiger partial charge on any atom is -0.497 e. The van der Waals surface area contributed by atoms with Crippen LogP contribution in [0.3, 0.4) is 0 Å². The van der Waals surface area contributed by atoms with E-state index in [0.29, 0.717) is 23.7 Å². The zero-order valence-corrected chi connectivity index (χ0v) is 17.5. The van der Waals surface area contributed by atoms with Crippen molar-refractivity contribution in [2.45, 2.75) is 43.5 Å². The van der Waals surface area contributed by atoms with Crippen LogP contribution >= 0.6 is 23.1 Å². The highest BCUT2D eigenvalue weighted by Gasteiger charge is 2.22. The maximum absolute atomic E-state index is 12.0. The Labute approximate surface area is 167 Å². The van der Waals surface area contributed by atoms with Crippen LogP contribution in [0.25, 0.3) is 0 Å². The maximum Gasteiger partial charge on any atom is 0.221 e. The van der Waals surface area contributed by atoms with Crippen LogP contribution in [0.5, 0.6) is 5.75 Å². The number of nitrogens with zero attached hydrogens (tertiary/aromatic N) is 2. The van der Waals surface area contributed by atoms with E-state index < -0.39 is 5.54 Å². The summed E-state index contributed by atoms with van der Waals surface area (Å²) in [5.74, 6) is 1.37. The van der Waals surface area contributed by atoms with Crippen LogP contribution in [0.2, 0.25) is 0 Å². The third kappa shape index (κ3) is 7.56. The monoisotopic (exact) mass is 408 g/mol. The lowest BCUT2D eigenvalue weighted by Crippen LogP contribution is -2.44. The molecule has 0 aliphatic rings. The number of hydrogen-bond donors (Lipinski definition) is 2. The van der Waals surface area contributed by atoms with Gasteiger partial charge in [-0.25, -0.2) is 0 Å². The van der Waals surface area contributed by atoms with Gasteiger partial charge in [-0.05, 0) is 45.0 Å². The molecule has 0 fully saturated rings. The largest absolute Gasteiger partial charge is 0.497 e. The number of hydrogen-bond acceptors (Lipinski definition) is 8. The lowest BCUT2D eigenvalue weighted by atomic mass is 9.98. The lowest BCUT2D eigenvalue weighted by Gasteiger charge is -2.24. The van der Waals surface area contributed by atoms with Crippen molar-refractivity contribution in [3.8, 4) is 5.75 Å². The molecule has 0 saturated heterocycles. The Hall–Kier alpha value is -2.13. The average molecular weight is 409 g/mol. The molecule has 146 valence electrons. The number of ether oxygens (including phenoxy) is 1. The molecule has 7 nitrogen and oxygen atoms in total. The number of carbonyl (C=O) groups excluding carboxylic acids is 2. The minimum absolute atomic E-state index is 0.0559. The summed E-state index contributed by atoms with van der Waals surface area (Å²) >= 11 is 2.92. The second-order valence-corrected chi connectivity index (χ2v) is 8.96. The van der Waals surface area contributed by atoms with Gasteiger partial charge in [-0.15, -0.1) is 10.2 Å². The van der Waals surface area contributed by atoms with Gasteiger partial charge < -0.3 is 15.4 Å². The highest BCUT2D eigenvalue weighted by atomic mass is 32.2. The van der Waals surface area contributed by atoms with Gasteiger partial charge in [-0.2, -0.15) is 0 Å². The van der Waals surface area contributed by atoms with Crippen LogP contribution in [0.1, 0.15) is 33.6 Å². The molecule has 2 rings (SSSR count). The first-order valence-corrected chi connectivity index (χ1v) is 10.3. The molecule has 0 spiro atoms. The Balaban J connectivity index is 1.77. The van der Waals surface area contributed by atoms with Gasteiger partial charge in [-0.1, -0.05) is 23.1 Å². The van der Waals surface area contributed by atoms with Crippen molar-refractivity contribution in [1.29, 1.82) is 0 Å². The second-order valence-electron chi connectivity index (χ2n) is 6.64. The molecule has 0 unspecified atom stereocenters. The minimum atomic E-state index is -0.522. The molecule has 27 heavy (non-hydrogen) atoms.